The van der Waals surface area contributed by atoms with Gasteiger partial charge in [0.05, 0.1) is 13.7 Å². The summed E-state index contributed by atoms with van der Waals surface area (Å²) in [6.45, 7) is -0.107. The summed E-state index contributed by atoms with van der Waals surface area (Å²) in [5, 5.41) is 13.3. The number of halogens is 1. The predicted molar refractivity (Wildman–Crippen MR) is 110 cm³/mol. The highest BCUT2D eigenvalue weighted by molar-refractivity contribution is 6.30. The number of nitrogens with two attached hydrogens (primary N) is 1. The Morgan fingerprint density at radius 3 is 2.39 bits per heavy atom. The lowest BCUT2D eigenvalue weighted by molar-refractivity contribution is -0.118. The normalized spacial score (nSPS) is 12.5. The summed E-state index contributed by atoms with van der Waals surface area (Å²) in [7, 11) is 1.61. The molecule has 0 amide bonds. The Bertz CT molecular complexity index is 776. The maximum absolute atomic E-state index is 12.6. The van der Waals surface area contributed by atoms with Crippen LogP contribution in [0.3, 0.4) is 0 Å². The van der Waals surface area contributed by atoms with Crippen LogP contribution >= 0.6 is 11.6 Å². The standard InChI is InChI=1S/C21H25ClN2O4/c1-27-20-8-4-15(5-9-20)12-17(21(23)24-28-11-10-25)14-19(26)13-16-2-6-18(22)7-3-16/h2-9,17,25H,10-14H2,1H3,(H2,23,24)/t17-/m1/s1. The van der Waals surface area contributed by atoms with Crippen molar-refractivity contribution in [1.82, 2.24) is 0 Å². The zero-order valence-electron chi connectivity index (χ0n) is 15.8. The SMILES string of the molecule is COc1ccc(C[C@H](CC(=O)Cc2ccc(Cl)cc2)/C(N)=N/OCCO)cc1. The van der Waals surface area contributed by atoms with Gasteiger partial charge >= 0.3 is 0 Å². The molecule has 6 nitrogen and oxygen atoms in total. The molecule has 2 rings (SSSR count). The van der Waals surface area contributed by atoms with Crippen molar-refractivity contribution in [3.63, 3.8) is 0 Å². The highest BCUT2D eigenvalue weighted by Gasteiger charge is 2.20. The lowest BCUT2D eigenvalue weighted by Crippen LogP contribution is -2.29. The van der Waals surface area contributed by atoms with Gasteiger partial charge in [-0.15, -0.1) is 0 Å². The molecule has 0 spiro atoms. The van der Waals surface area contributed by atoms with Crippen molar-refractivity contribution in [2.75, 3.05) is 20.3 Å². The Kier molecular flexibility index (Phi) is 8.78. The second-order valence-corrected chi connectivity index (χ2v) is 6.80. The molecule has 28 heavy (non-hydrogen) atoms. The summed E-state index contributed by atoms with van der Waals surface area (Å²) in [5.74, 6) is 0.716. The van der Waals surface area contributed by atoms with Gasteiger partial charge in [0.15, 0.2) is 0 Å². The summed E-state index contributed by atoms with van der Waals surface area (Å²) in [6, 6.07) is 14.8. The summed E-state index contributed by atoms with van der Waals surface area (Å²) >= 11 is 5.89. The van der Waals surface area contributed by atoms with Gasteiger partial charge in [0.2, 0.25) is 0 Å². The summed E-state index contributed by atoms with van der Waals surface area (Å²) < 4.78 is 5.17. The average Bonchev–Trinajstić information content (AvgIpc) is 2.70. The number of Topliss-reactive ketones (excluding diaryl/α,β-unsaturated/α-hetero) is 1. The molecule has 0 saturated heterocycles. The Morgan fingerprint density at radius 1 is 1.14 bits per heavy atom. The molecule has 3 N–H and O–H groups in total. The van der Waals surface area contributed by atoms with E-state index in [2.05, 4.69) is 5.16 Å². The summed E-state index contributed by atoms with van der Waals surface area (Å²) in [4.78, 5) is 17.6. The molecule has 0 aliphatic heterocycles. The number of amidine groups is 1. The minimum absolute atomic E-state index is 0.0427. The van der Waals surface area contributed by atoms with Gasteiger partial charge in [0, 0.05) is 23.8 Å². The number of aliphatic hydroxyl groups is 1. The van der Waals surface area contributed by atoms with E-state index in [0.29, 0.717) is 17.9 Å². The monoisotopic (exact) mass is 404 g/mol. The molecule has 0 heterocycles. The van der Waals surface area contributed by atoms with Crippen LogP contribution in [0, 0.1) is 5.92 Å². The van der Waals surface area contributed by atoms with Gasteiger partial charge < -0.3 is 20.4 Å². The van der Waals surface area contributed by atoms with Gasteiger partial charge in [-0.3, -0.25) is 4.79 Å². The first-order valence-electron chi connectivity index (χ1n) is 8.97. The minimum atomic E-state index is -0.313. The number of methoxy groups -OCH3 is 1. The molecule has 0 radical (unpaired) electrons. The number of carbonyl (C=O) groups is 1. The van der Waals surface area contributed by atoms with E-state index >= 15 is 0 Å². The Hall–Kier alpha value is -2.57. The molecule has 0 saturated carbocycles. The molecule has 0 aliphatic rings. The largest absolute Gasteiger partial charge is 0.497 e. The van der Waals surface area contributed by atoms with Gasteiger partial charge in [-0.1, -0.05) is 41.0 Å². The zero-order valence-corrected chi connectivity index (χ0v) is 16.6. The maximum Gasteiger partial charge on any atom is 0.143 e. The Balaban J connectivity index is 2.08. The van der Waals surface area contributed by atoms with Crippen molar-refractivity contribution in [2.45, 2.75) is 19.3 Å². The molecule has 0 unspecified atom stereocenters. The lowest BCUT2D eigenvalue weighted by Gasteiger charge is -2.16. The van der Waals surface area contributed by atoms with Crippen molar-refractivity contribution in [3.8, 4) is 5.75 Å². The van der Waals surface area contributed by atoms with E-state index in [0.717, 1.165) is 16.9 Å². The van der Waals surface area contributed by atoms with Crippen molar-refractivity contribution in [2.24, 2.45) is 16.8 Å². The van der Waals surface area contributed by atoms with E-state index in [1.54, 1.807) is 19.2 Å². The number of nitrogens with zero attached hydrogens (tertiary/aromatic N) is 1. The fourth-order valence-corrected chi connectivity index (χ4v) is 2.87. The molecule has 1 atom stereocenters. The number of hydrogen-bond donors (Lipinski definition) is 2. The first kappa shape index (κ1) is 21.7. The van der Waals surface area contributed by atoms with E-state index < -0.39 is 0 Å². The van der Waals surface area contributed by atoms with Crippen LogP contribution in [0.25, 0.3) is 0 Å². The third-order valence-corrected chi connectivity index (χ3v) is 4.45. The van der Waals surface area contributed by atoms with Crippen LogP contribution in [0.4, 0.5) is 0 Å². The fraction of sp³-hybridized carbons (Fsp3) is 0.333. The van der Waals surface area contributed by atoms with E-state index in [-0.39, 0.29) is 37.2 Å². The first-order valence-corrected chi connectivity index (χ1v) is 9.35. The van der Waals surface area contributed by atoms with Crippen LogP contribution in [-0.2, 0) is 22.5 Å². The van der Waals surface area contributed by atoms with E-state index in [9.17, 15) is 4.79 Å². The van der Waals surface area contributed by atoms with Gasteiger partial charge in [-0.25, -0.2) is 0 Å². The Morgan fingerprint density at radius 2 is 1.79 bits per heavy atom. The number of benzene rings is 2. The number of aliphatic hydroxyl groups excluding tert-OH is 1. The molecular weight excluding hydrogens is 380 g/mol. The van der Waals surface area contributed by atoms with Crippen molar-refractivity contribution in [1.29, 1.82) is 0 Å². The molecule has 0 fully saturated rings. The molecule has 150 valence electrons. The number of rotatable bonds is 11. The van der Waals surface area contributed by atoms with Gasteiger partial charge in [-0.05, 0) is 41.8 Å². The van der Waals surface area contributed by atoms with Crippen molar-refractivity contribution >= 4 is 23.2 Å². The van der Waals surface area contributed by atoms with Crippen LogP contribution in [0.15, 0.2) is 53.7 Å². The quantitative estimate of drug-likeness (QED) is 0.260. The first-order chi connectivity index (χ1) is 13.5. The van der Waals surface area contributed by atoms with Gasteiger partial charge in [0.25, 0.3) is 0 Å². The highest BCUT2D eigenvalue weighted by atomic mass is 35.5. The maximum atomic E-state index is 12.6. The number of hydrogen-bond acceptors (Lipinski definition) is 5. The van der Waals surface area contributed by atoms with E-state index in [4.69, 9.17) is 32.0 Å². The van der Waals surface area contributed by atoms with Gasteiger partial charge in [-0.2, -0.15) is 0 Å². The van der Waals surface area contributed by atoms with Crippen LogP contribution in [0.1, 0.15) is 17.5 Å². The fourth-order valence-electron chi connectivity index (χ4n) is 2.74. The molecular formula is C21H25ClN2O4. The highest BCUT2D eigenvalue weighted by Crippen LogP contribution is 2.19. The van der Waals surface area contributed by atoms with Gasteiger partial charge in [0.1, 0.15) is 24.0 Å². The molecule has 0 aromatic heterocycles. The minimum Gasteiger partial charge on any atom is -0.497 e. The summed E-state index contributed by atoms with van der Waals surface area (Å²) in [6.07, 6.45) is 1.06. The third kappa shape index (κ3) is 7.21. The lowest BCUT2D eigenvalue weighted by atomic mass is 9.91. The predicted octanol–water partition coefficient (Wildman–Crippen LogP) is 2.99. The molecule has 0 aliphatic carbocycles. The van der Waals surface area contributed by atoms with Crippen molar-refractivity contribution in [3.05, 3.63) is 64.7 Å². The Labute approximate surface area is 169 Å². The van der Waals surface area contributed by atoms with Crippen LogP contribution in [-0.4, -0.2) is 37.0 Å². The zero-order chi connectivity index (χ0) is 20.4. The van der Waals surface area contributed by atoms with E-state index in [1.165, 1.54) is 0 Å². The summed E-state index contributed by atoms with van der Waals surface area (Å²) in [5.41, 5.74) is 7.97. The number of oxime groups is 1. The molecule has 2 aromatic rings. The topological polar surface area (TPSA) is 94.1 Å². The van der Waals surface area contributed by atoms with E-state index in [1.807, 2.05) is 36.4 Å². The number of ether oxygens (including phenoxy) is 1. The number of carbonyl (C=O) groups excluding carboxylic acids is 1. The van der Waals surface area contributed by atoms with Crippen molar-refractivity contribution < 1.29 is 19.5 Å². The smallest absolute Gasteiger partial charge is 0.143 e. The second-order valence-electron chi connectivity index (χ2n) is 6.37. The van der Waals surface area contributed by atoms with Crippen LogP contribution in [0.5, 0.6) is 5.75 Å². The van der Waals surface area contributed by atoms with Crippen LogP contribution < -0.4 is 10.5 Å². The second kappa shape index (κ2) is 11.3. The third-order valence-electron chi connectivity index (χ3n) is 4.20. The van der Waals surface area contributed by atoms with Crippen LogP contribution in [0.2, 0.25) is 5.02 Å². The average molecular weight is 405 g/mol. The number of ketones is 1. The molecule has 7 heteroatoms. The molecule has 2 aromatic carbocycles. The molecule has 0 bridgehead atoms.